The Morgan fingerprint density at radius 3 is 2.45 bits per heavy atom. The number of aromatic nitrogens is 2. The highest BCUT2D eigenvalue weighted by Crippen LogP contribution is 2.38. The summed E-state index contributed by atoms with van der Waals surface area (Å²) in [5.41, 5.74) is 12.0. The molecule has 20 heavy (non-hydrogen) atoms. The van der Waals surface area contributed by atoms with E-state index in [1.165, 1.54) is 12.1 Å². The molecule has 0 saturated carbocycles. The molecule has 0 fully saturated rings. The Morgan fingerprint density at radius 1 is 1.10 bits per heavy atom. The normalized spacial score (nSPS) is 10.3. The molecule has 0 spiro atoms. The van der Waals surface area contributed by atoms with Crippen LogP contribution in [0.2, 0.25) is 15.1 Å². The second kappa shape index (κ2) is 5.70. The quantitative estimate of drug-likeness (QED) is 0.592. The van der Waals surface area contributed by atoms with Crippen LogP contribution in [0.5, 0.6) is 0 Å². The van der Waals surface area contributed by atoms with E-state index < -0.39 is 0 Å². The first-order valence-corrected chi connectivity index (χ1v) is 6.35. The summed E-state index contributed by atoms with van der Waals surface area (Å²) in [4.78, 5) is 18.5. The number of nitrogens with zero attached hydrogens (tertiary/aromatic N) is 2. The second-order valence-electron chi connectivity index (χ2n) is 3.70. The maximum absolute atomic E-state index is 10.5. The highest BCUT2D eigenvalue weighted by molar-refractivity contribution is 6.45. The Bertz CT molecular complexity index is 692. The van der Waals surface area contributed by atoms with Gasteiger partial charge in [0.15, 0.2) is 17.5 Å². The van der Waals surface area contributed by atoms with Gasteiger partial charge in [-0.15, -0.1) is 0 Å². The Kier molecular flexibility index (Phi) is 4.17. The third kappa shape index (κ3) is 2.72. The Labute approximate surface area is 129 Å². The highest BCUT2D eigenvalue weighted by atomic mass is 35.5. The molecule has 1 heterocycles. The minimum absolute atomic E-state index is 0.0115. The lowest BCUT2D eigenvalue weighted by Crippen LogP contribution is -2.08. The number of carbonyl (C=O) groups is 1. The summed E-state index contributed by atoms with van der Waals surface area (Å²) in [6.45, 7) is 0. The van der Waals surface area contributed by atoms with Crippen molar-refractivity contribution in [3.05, 3.63) is 27.2 Å². The first kappa shape index (κ1) is 14.6. The minimum atomic E-state index is -0.0115. The molecule has 0 bridgehead atoms. The zero-order chi connectivity index (χ0) is 14.9. The molecule has 104 valence electrons. The van der Waals surface area contributed by atoms with Crippen LogP contribution < -0.4 is 16.8 Å². The lowest BCUT2D eigenvalue weighted by Gasteiger charge is -2.11. The van der Waals surface area contributed by atoms with Gasteiger partial charge in [0.05, 0.1) is 10.0 Å². The molecule has 2 rings (SSSR count). The molecule has 0 saturated heterocycles. The van der Waals surface area contributed by atoms with E-state index in [1.54, 1.807) is 0 Å². The molecule has 2 aromatic rings. The summed E-state index contributed by atoms with van der Waals surface area (Å²) in [6.07, 6.45) is 0.424. The minimum Gasteiger partial charge on any atom is -0.382 e. The van der Waals surface area contributed by atoms with E-state index in [9.17, 15) is 4.79 Å². The Morgan fingerprint density at radius 2 is 1.80 bits per heavy atom. The molecule has 0 aliphatic carbocycles. The summed E-state index contributed by atoms with van der Waals surface area (Å²) >= 11 is 18.0. The number of nitrogens with two attached hydrogens (primary N) is 2. The van der Waals surface area contributed by atoms with Crippen LogP contribution in [0.4, 0.5) is 17.5 Å². The third-order valence-corrected chi connectivity index (χ3v) is 3.41. The molecule has 0 unspecified atom stereocenters. The predicted octanol–water partition coefficient (Wildman–Crippen LogP) is 2.84. The van der Waals surface area contributed by atoms with Gasteiger partial charge in [-0.05, 0) is 12.1 Å². The van der Waals surface area contributed by atoms with Crippen molar-refractivity contribution in [1.82, 2.24) is 9.97 Å². The van der Waals surface area contributed by atoms with Crippen LogP contribution in [0, 0.1) is 0 Å². The monoisotopic (exact) mass is 331 g/mol. The molecule has 0 aliphatic rings. The summed E-state index contributed by atoms with van der Waals surface area (Å²) in [7, 11) is 0. The first-order chi connectivity index (χ1) is 9.43. The van der Waals surface area contributed by atoms with Crippen LogP contribution in [0.1, 0.15) is 0 Å². The number of rotatable bonds is 3. The average molecular weight is 333 g/mol. The van der Waals surface area contributed by atoms with E-state index in [0.29, 0.717) is 17.0 Å². The van der Waals surface area contributed by atoms with Crippen LogP contribution >= 0.6 is 34.8 Å². The lowest BCUT2D eigenvalue weighted by atomic mass is 10.1. The fourth-order valence-electron chi connectivity index (χ4n) is 1.55. The summed E-state index contributed by atoms with van der Waals surface area (Å²) in [5, 5.41) is 3.15. The first-order valence-electron chi connectivity index (χ1n) is 5.22. The SMILES string of the molecule is Nc1nc(N)c(-c2cc(Cl)cc(Cl)c2Cl)nc1NC=O. The molecule has 0 atom stereocenters. The zero-order valence-electron chi connectivity index (χ0n) is 9.82. The molecule has 0 aliphatic heterocycles. The molecular formula is C11H8Cl3N5O. The second-order valence-corrected chi connectivity index (χ2v) is 4.92. The van der Waals surface area contributed by atoms with Crippen molar-refractivity contribution in [2.75, 3.05) is 16.8 Å². The van der Waals surface area contributed by atoms with Crippen molar-refractivity contribution in [3.8, 4) is 11.3 Å². The lowest BCUT2D eigenvalue weighted by molar-refractivity contribution is -0.105. The number of benzene rings is 1. The van der Waals surface area contributed by atoms with Crippen molar-refractivity contribution in [1.29, 1.82) is 0 Å². The number of nitrogen functional groups attached to an aromatic ring is 2. The fraction of sp³-hybridized carbons (Fsp3) is 0. The van der Waals surface area contributed by atoms with Gasteiger partial charge in [0.2, 0.25) is 6.41 Å². The van der Waals surface area contributed by atoms with Crippen molar-refractivity contribution in [2.24, 2.45) is 0 Å². The number of anilines is 3. The topological polar surface area (TPSA) is 107 Å². The summed E-state index contributed by atoms with van der Waals surface area (Å²) < 4.78 is 0. The fourth-order valence-corrected chi connectivity index (χ4v) is 2.24. The number of hydrogen-bond donors (Lipinski definition) is 3. The molecule has 5 N–H and O–H groups in total. The molecule has 6 nitrogen and oxygen atoms in total. The third-order valence-electron chi connectivity index (χ3n) is 2.39. The van der Waals surface area contributed by atoms with Crippen LogP contribution in [0.25, 0.3) is 11.3 Å². The van der Waals surface area contributed by atoms with Crippen molar-refractivity contribution in [2.45, 2.75) is 0 Å². The van der Waals surface area contributed by atoms with Crippen LogP contribution in [-0.4, -0.2) is 16.4 Å². The smallest absolute Gasteiger partial charge is 0.212 e. The molecular weight excluding hydrogens is 325 g/mol. The van der Waals surface area contributed by atoms with Gasteiger partial charge in [-0.25, -0.2) is 9.97 Å². The van der Waals surface area contributed by atoms with Gasteiger partial charge in [0.25, 0.3) is 0 Å². The highest BCUT2D eigenvalue weighted by Gasteiger charge is 2.16. The van der Waals surface area contributed by atoms with E-state index in [1.807, 2.05) is 0 Å². The Balaban J connectivity index is 2.69. The number of amides is 1. The van der Waals surface area contributed by atoms with Crippen LogP contribution in [0.3, 0.4) is 0 Å². The molecule has 0 radical (unpaired) electrons. The average Bonchev–Trinajstić information content (AvgIpc) is 2.37. The van der Waals surface area contributed by atoms with Gasteiger partial charge in [-0.3, -0.25) is 4.79 Å². The number of halogens is 3. The van der Waals surface area contributed by atoms with Crippen molar-refractivity contribution in [3.63, 3.8) is 0 Å². The van der Waals surface area contributed by atoms with Gasteiger partial charge in [0, 0.05) is 10.6 Å². The summed E-state index contributed by atoms with van der Waals surface area (Å²) in [5.74, 6) is 0.0955. The number of carbonyl (C=O) groups excluding carboxylic acids is 1. The molecule has 9 heteroatoms. The van der Waals surface area contributed by atoms with Crippen LogP contribution in [-0.2, 0) is 4.79 Å². The van der Waals surface area contributed by atoms with E-state index in [0.717, 1.165) is 0 Å². The molecule has 1 aromatic heterocycles. The number of hydrogen-bond acceptors (Lipinski definition) is 5. The van der Waals surface area contributed by atoms with Crippen molar-refractivity contribution < 1.29 is 4.79 Å². The largest absolute Gasteiger partial charge is 0.382 e. The molecule has 1 aromatic carbocycles. The van der Waals surface area contributed by atoms with Crippen molar-refractivity contribution >= 4 is 58.7 Å². The van der Waals surface area contributed by atoms with E-state index in [-0.39, 0.29) is 33.2 Å². The maximum Gasteiger partial charge on any atom is 0.212 e. The van der Waals surface area contributed by atoms with Crippen LogP contribution in [0.15, 0.2) is 12.1 Å². The standard InChI is InChI=1S/C11H8Cl3N5O/c12-4-1-5(7(14)6(13)2-4)8-9(15)19-10(16)11(18-8)17-3-20/h1-3H,(H4,15,16,19)(H,17,18,20). The van der Waals surface area contributed by atoms with Gasteiger partial charge in [0.1, 0.15) is 5.69 Å². The Hall–Kier alpha value is -1.76. The predicted molar refractivity (Wildman–Crippen MR) is 81.0 cm³/mol. The van der Waals surface area contributed by atoms with E-state index in [4.69, 9.17) is 46.3 Å². The summed E-state index contributed by atoms with van der Waals surface area (Å²) in [6, 6.07) is 3.03. The van der Waals surface area contributed by atoms with Gasteiger partial charge < -0.3 is 16.8 Å². The zero-order valence-corrected chi connectivity index (χ0v) is 12.1. The van der Waals surface area contributed by atoms with Gasteiger partial charge in [-0.1, -0.05) is 34.8 Å². The number of nitrogens with one attached hydrogen (secondary N) is 1. The van der Waals surface area contributed by atoms with Gasteiger partial charge >= 0.3 is 0 Å². The van der Waals surface area contributed by atoms with E-state index >= 15 is 0 Å². The van der Waals surface area contributed by atoms with E-state index in [2.05, 4.69) is 15.3 Å². The molecule has 1 amide bonds. The maximum atomic E-state index is 10.5. The van der Waals surface area contributed by atoms with Gasteiger partial charge in [-0.2, -0.15) is 0 Å².